The maximum atomic E-state index is 6.37. The van der Waals surface area contributed by atoms with E-state index in [1.54, 1.807) is 0 Å². The molecule has 39 heavy (non-hydrogen) atoms. The summed E-state index contributed by atoms with van der Waals surface area (Å²) >= 11 is 6.37. The van der Waals surface area contributed by atoms with Crippen LogP contribution in [0.5, 0.6) is 0 Å². The minimum atomic E-state index is 0.163. The van der Waals surface area contributed by atoms with E-state index in [2.05, 4.69) is 105 Å². The Morgan fingerprint density at radius 2 is 0.846 bits per heavy atom. The zero-order valence-electron chi connectivity index (χ0n) is 20.8. The van der Waals surface area contributed by atoms with E-state index in [0.29, 0.717) is 11.6 Å². The number of anilines is 6. The third-order valence-corrected chi connectivity index (χ3v) is 6.91. The molecular weight excluding hydrogens is 502 g/mol. The summed E-state index contributed by atoms with van der Waals surface area (Å²) in [6.07, 6.45) is 0. The largest absolute Gasteiger partial charge is 0.306 e. The summed E-state index contributed by atoms with van der Waals surface area (Å²) < 4.78 is 0. The molecule has 0 atom stereocenters. The molecule has 0 radical (unpaired) electrons. The predicted octanol–water partition coefficient (Wildman–Crippen LogP) is 9.11. The van der Waals surface area contributed by atoms with Crippen LogP contribution in [0.25, 0.3) is 22.8 Å². The van der Waals surface area contributed by atoms with Crippen LogP contribution in [0.4, 0.5) is 34.1 Å². The number of benzene rings is 5. The van der Waals surface area contributed by atoms with Gasteiger partial charge in [0.2, 0.25) is 5.28 Å². The van der Waals surface area contributed by atoms with Crippen molar-refractivity contribution in [2.24, 2.45) is 0 Å². The molecule has 2 heterocycles. The van der Waals surface area contributed by atoms with Gasteiger partial charge in [-0.05, 0) is 60.1 Å². The normalized spacial score (nSPS) is 12.1. The molecule has 0 aliphatic carbocycles. The van der Waals surface area contributed by atoms with Gasteiger partial charge in [-0.1, -0.05) is 84.9 Å². The van der Waals surface area contributed by atoms with Crippen molar-refractivity contribution in [2.75, 3.05) is 9.80 Å². The number of halogens is 1. The van der Waals surface area contributed by atoms with Crippen LogP contribution in [0, 0.1) is 0 Å². The summed E-state index contributed by atoms with van der Waals surface area (Å²) in [7, 11) is 0. The highest BCUT2D eigenvalue weighted by Gasteiger charge is 2.30. The fourth-order valence-corrected chi connectivity index (χ4v) is 5.22. The van der Waals surface area contributed by atoms with Crippen LogP contribution >= 0.6 is 11.6 Å². The minimum Gasteiger partial charge on any atom is -0.306 e. The summed E-state index contributed by atoms with van der Waals surface area (Å²) in [5.41, 5.74) is 8.21. The van der Waals surface area contributed by atoms with E-state index in [1.165, 1.54) is 0 Å². The van der Waals surface area contributed by atoms with Crippen LogP contribution in [0.3, 0.4) is 0 Å². The lowest BCUT2D eigenvalue weighted by molar-refractivity contribution is 1.06. The van der Waals surface area contributed by atoms with Crippen LogP contribution in [-0.2, 0) is 0 Å². The van der Waals surface area contributed by atoms with Crippen molar-refractivity contribution in [1.82, 2.24) is 15.0 Å². The third-order valence-electron chi connectivity index (χ3n) is 6.74. The first-order valence-electron chi connectivity index (χ1n) is 12.7. The molecule has 6 aromatic rings. The first-order valence-corrected chi connectivity index (χ1v) is 13.0. The van der Waals surface area contributed by atoms with Gasteiger partial charge in [0.15, 0.2) is 11.6 Å². The quantitative estimate of drug-likeness (QED) is 0.230. The number of nitrogens with zero attached hydrogens (tertiary/aromatic N) is 5. The molecule has 1 aliphatic heterocycles. The van der Waals surface area contributed by atoms with Gasteiger partial charge in [0.1, 0.15) is 0 Å². The van der Waals surface area contributed by atoms with E-state index in [9.17, 15) is 0 Å². The fraction of sp³-hybridized carbons (Fsp3) is 0. The van der Waals surface area contributed by atoms with Crippen LogP contribution in [-0.4, -0.2) is 15.0 Å². The second-order valence-electron chi connectivity index (χ2n) is 9.15. The molecule has 5 aromatic carbocycles. The number of aromatic nitrogens is 3. The van der Waals surface area contributed by atoms with Crippen LogP contribution in [0.2, 0.25) is 5.28 Å². The van der Waals surface area contributed by atoms with Gasteiger partial charge >= 0.3 is 0 Å². The predicted molar refractivity (Wildman–Crippen MR) is 159 cm³/mol. The maximum Gasteiger partial charge on any atom is 0.226 e. The summed E-state index contributed by atoms with van der Waals surface area (Å²) in [6.45, 7) is 0. The van der Waals surface area contributed by atoms with E-state index >= 15 is 0 Å². The van der Waals surface area contributed by atoms with Crippen molar-refractivity contribution in [2.45, 2.75) is 0 Å². The molecule has 0 unspecified atom stereocenters. The number of hydrogen-bond acceptors (Lipinski definition) is 5. The van der Waals surface area contributed by atoms with E-state index in [1.807, 2.05) is 48.5 Å². The molecule has 0 bridgehead atoms. The Bertz CT molecular complexity index is 1740. The van der Waals surface area contributed by atoms with Crippen molar-refractivity contribution in [3.8, 4) is 22.8 Å². The summed E-state index contributed by atoms with van der Waals surface area (Å²) in [5.74, 6) is 1.07. The molecule has 186 valence electrons. The summed E-state index contributed by atoms with van der Waals surface area (Å²) in [4.78, 5) is 18.2. The van der Waals surface area contributed by atoms with Crippen LogP contribution < -0.4 is 9.80 Å². The second-order valence-corrected chi connectivity index (χ2v) is 9.49. The molecule has 1 aliphatic rings. The number of rotatable bonds is 4. The lowest BCUT2D eigenvalue weighted by Gasteiger charge is -2.40. The Hall–Kier alpha value is -5.00. The first kappa shape index (κ1) is 23.1. The van der Waals surface area contributed by atoms with Gasteiger partial charge in [0.05, 0.1) is 22.7 Å². The Kier molecular flexibility index (Phi) is 5.76. The molecule has 0 spiro atoms. The van der Waals surface area contributed by atoms with Gasteiger partial charge < -0.3 is 9.80 Å². The van der Waals surface area contributed by atoms with E-state index in [-0.39, 0.29) is 5.28 Å². The second kappa shape index (κ2) is 9.71. The molecule has 0 fully saturated rings. The van der Waals surface area contributed by atoms with Gasteiger partial charge in [-0.3, -0.25) is 0 Å². The molecule has 6 heteroatoms. The van der Waals surface area contributed by atoms with E-state index in [0.717, 1.165) is 45.3 Å². The van der Waals surface area contributed by atoms with Gasteiger partial charge in [-0.15, -0.1) is 0 Å². The zero-order valence-corrected chi connectivity index (χ0v) is 21.6. The Morgan fingerprint density at radius 1 is 0.410 bits per heavy atom. The Balaban J connectivity index is 1.37. The number of hydrogen-bond donors (Lipinski definition) is 0. The lowest BCUT2D eigenvalue weighted by atomic mass is 10.0. The van der Waals surface area contributed by atoms with Gasteiger partial charge in [0, 0.05) is 22.5 Å². The minimum absolute atomic E-state index is 0.163. The van der Waals surface area contributed by atoms with Gasteiger partial charge in [-0.2, -0.15) is 9.97 Å². The van der Waals surface area contributed by atoms with Gasteiger partial charge in [-0.25, -0.2) is 4.98 Å². The molecule has 5 nitrogen and oxygen atoms in total. The maximum absolute atomic E-state index is 6.37. The Morgan fingerprint density at radius 3 is 1.44 bits per heavy atom. The van der Waals surface area contributed by atoms with E-state index < -0.39 is 0 Å². The molecule has 0 saturated heterocycles. The van der Waals surface area contributed by atoms with Crippen LogP contribution in [0.15, 0.2) is 133 Å². The number of fused-ring (bicyclic) bond motifs is 2. The van der Waals surface area contributed by atoms with Gasteiger partial charge in [0.25, 0.3) is 0 Å². The Labute approximate surface area is 231 Å². The third kappa shape index (κ3) is 4.19. The van der Waals surface area contributed by atoms with Crippen molar-refractivity contribution in [1.29, 1.82) is 0 Å². The highest BCUT2D eigenvalue weighted by atomic mass is 35.5. The highest BCUT2D eigenvalue weighted by Crippen LogP contribution is 2.53. The molecule has 0 saturated carbocycles. The van der Waals surface area contributed by atoms with Crippen molar-refractivity contribution in [3.05, 3.63) is 139 Å². The smallest absolute Gasteiger partial charge is 0.226 e. The molecule has 0 N–H and O–H groups in total. The standard InChI is InChI=1S/C33H22ClN5/c34-33-36-31(23-12-3-1-4-13-23)35-32(37-33)24-14-11-17-26(22-24)39-29-20-9-7-18-27(29)38(25-15-5-2-6-16-25)28-19-8-10-21-30(28)39/h1-22H. The van der Waals surface area contributed by atoms with Crippen molar-refractivity contribution < 1.29 is 0 Å². The van der Waals surface area contributed by atoms with Crippen molar-refractivity contribution >= 4 is 45.7 Å². The highest BCUT2D eigenvalue weighted by molar-refractivity contribution is 6.28. The SMILES string of the molecule is Clc1nc(-c2ccccc2)nc(-c2cccc(N3c4ccccc4N(c4ccccc4)c4ccccc43)c2)n1. The summed E-state index contributed by atoms with van der Waals surface area (Å²) in [5, 5.41) is 0.163. The average Bonchev–Trinajstić information content (AvgIpc) is 3.00. The molecular formula is C33H22ClN5. The lowest BCUT2D eigenvalue weighted by Crippen LogP contribution is -2.23. The van der Waals surface area contributed by atoms with Crippen LogP contribution in [0.1, 0.15) is 0 Å². The average molecular weight is 524 g/mol. The summed E-state index contributed by atoms with van der Waals surface area (Å²) in [6, 6.07) is 45.4. The topological polar surface area (TPSA) is 45.2 Å². The first-order chi connectivity index (χ1) is 19.3. The molecule has 0 amide bonds. The monoisotopic (exact) mass is 523 g/mol. The zero-order chi connectivity index (χ0) is 26.2. The number of para-hydroxylation sites is 5. The molecule has 1 aromatic heterocycles. The molecule has 7 rings (SSSR count). The van der Waals surface area contributed by atoms with Crippen molar-refractivity contribution in [3.63, 3.8) is 0 Å². The van der Waals surface area contributed by atoms with E-state index in [4.69, 9.17) is 16.6 Å². The fourth-order valence-electron chi connectivity index (χ4n) is 5.06.